The van der Waals surface area contributed by atoms with Crippen molar-refractivity contribution in [2.24, 2.45) is 0 Å². The minimum atomic E-state index is -4.01. The molecule has 0 amide bonds. The highest BCUT2D eigenvalue weighted by Gasteiger charge is 2.24. The molecule has 1 aromatic carbocycles. The lowest BCUT2D eigenvalue weighted by molar-refractivity contribution is 0.0658. The Morgan fingerprint density at radius 3 is 2.68 bits per heavy atom. The fourth-order valence-electron chi connectivity index (χ4n) is 1.75. The van der Waals surface area contributed by atoms with Crippen molar-refractivity contribution in [3.05, 3.63) is 47.3 Å². The molecule has 10 heteroatoms. The molecule has 0 aliphatic carbocycles. The summed E-state index contributed by atoms with van der Waals surface area (Å²) < 4.78 is 64.6. The highest BCUT2D eigenvalue weighted by atomic mass is 35.5. The average Bonchev–Trinajstić information content (AvgIpc) is 2.90. The fraction of sp³-hybridized carbons (Fsp3) is 0.250. The quantitative estimate of drug-likeness (QED) is 0.830. The molecule has 0 atom stereocenters. The molecular weight excluding hydrogens is 343 g/mol. The van der Waals surface area contributed by atoms with Crippen LogP contribution in [0.25, 0.3) is 0 Å². The van der Waals surface area contributed by atoms with E-state index in [4.69, 9.17) is 11.6 Å². The van der Waals surface area contributed by atoms with Crippen LogP contribution in [0.4, 0.5) is 13.2 Å². The Kier molecular flexibility index (Phi) is 4.78. The highest BCUT2D eigenvalue weighted by molar-refractivity contribution is 7.89. The number of aromatic nitrogens is 2. The second kappa shape index (κ2) is 6.27. The number of halogens is 4. The van der Waals surface area contributed by atoms with Crippen LogP contribution in [0, 0.1) is 5.82 Å². The molecule has 0 saturated heterocycles. The van der Waals surface area contributed by atoms with Gasteiger partial charge in [0, 0.05) is 19.4 Å². The Morgan fingerprint density at radius 1 is 1.41 bits per heavy atom. The van der Waals surface area contributed by atoms with Crippen LogP contribution in [0.2, 0.25) is 5.02 Å². The predicted molar refractivity (Wildman–Crippen MR) is 73.5 cm³/mol. The molecule has 5 nitrogen and oxygen atoms in total. The monoisotopic (exact) mass is 353 g/mol. The van der Waals surface area contributed by atoms with Crippen LogP contribution < -0.4 is 0 Å². The molecule has 0 radical (unpaired) electrons. The maximum Gasteiger partial charge on any atom is 0.319 e. The van der Waals surface area contributed by atoms with Gasteiger partial charge in [0.15, 0.2) is 0 Å². The first-order valence-electron chi connectivity index (χ1n) is 5.94. The van der Waals surface area contributed by atoms with E-state index < -0.39 is 22.4 Å². The van der Waals surface area contributed by atoms with Crippen molar-refractivity contribution in [3.8, 4) is 0 Å². The Bertz CT molecular complexity index is 780. The molecule has 0 spiro atoms. The molecule has 0 aliphatic rings. The van der Waals surface area contributed by atoms with Crippen LogP contribution in [0.3, 0.4) is 0 Å². The van der Waals surface area contributed by atoms with Crippen molar-refractivity contribution in [1.82, 2.24) is 13.9 Å². The predicted octanol–water partition coefficient (Wildman–Crippen LogP) is 2.89. The van der Waals surface area contributed by atoms with E-state index in [9.17, 15) is 21.6 Å². The summed E-state index contributed by atoms with van der Waals surface area (Å²) in [4.78, 5) is 3.47. The second-order valence-corrected chi connectivity index (χ2v) is 6.82. The Morgan fingerprint density at radius 2 is 2.09 bits per heavy atom. The van der Waals surface area contributed by atoms with E-state index in [-0.39, 0.29) is 22.3 Å². The number of alkyl halides is 2. The van der Waals surface area contributed by atoms with Gasteiger partial charge < -0.3 is 0 Å². The molecule has 22 heavy (non-hydrogen) atoms. The van der Waals surface area contributed by atoms with Gasteiger partial charge in [-0.3, -0.25) is 4.57 Å². The standard InChI is InChI=1S/C12H11ClF3N3O2S/c1-18(7-11-17-4-5-19(11)12(15)16)22(20,21)8-2-3-10(14)9(13)6-8/h2-6,12H,7H2,1H3. The Balaban J connectivity index is 2.29. The maximum atomic E-state index is 13.1. The highest BCUT2D eigenvalue weighted by Crippen LogP contribution is 2.23. The van der Waals surface area contributed by atoms with Gasteiger partial charge in [-0.15, -0.1) is 0 Å². The largest absolute Gasteiger partial charge is 0.319 e. The molecular formula is C12H11ClF3N3O2S. The van der Waals surface area contributed by atoms with Gasteiger partial charge >= 0.3 is 6.55 Å². The zero-order valence-electron chi connectivity index (χ0n) is 11.2. The van der Waals surface area contributed by atoms with Crippen LogP contribution in [-0.4, -0.2) is 29.3 Å². The molecule has 0 fully saturated rings. The van der Waals surface area contributed by atoms with Crippen molar-refractivity contribution >= 4 is 21.6 Å². The lowest BCUT2D eigenvalue weighted by Crippen LogP contribution is -2.28. The van der Waals surface area contributed by atoms with Gasteiger partial charge in [-0.25, -0.2) is 17.8 Å². The number of benzene rings is 1. The summed E-state index contributed by atoms with van der Waals surface area (Å²) in [5.41, 5.74) is 0. The van der Waals surface area contributed by atoms with Gasteiger partial charge in [0.1, 0.15) is 11.6 Å². The summed E-state index contributed by atoms with van der Waals surface area (Å²) in [7, 11) is -2.81. The van der Waals surface area contributed by atoms with E-state index in [0.29, 0.717) is 4.57 Å². The minimum absolute atomic E-state index is 0.116. The minimum Gasteiger partial charge on any atom is -0.277 e. The first-order chi connectivity index (χ1) is 10.2. The normalized spacial score (nSPS) is 12.3. The third-order valence-corrected chi connectivity index (χ3v) is 5.01. The third kappa shape index (κ3) is 3.26. The average molecular weight is 354 g/mol. The van der Waals surface area contributed by atoms with E-state index in [1.807, 2.05) is 0 Å². The van der Waals surface area contributed by atoms with E-state index in [2.05, 4.69) is 4.98 Å². The zero-order chi connectivity index (χ0) is 16.5. The number of sulfonamides is 1. The Hall–Kier alpha value is -1.58. The van der Waals surface area contributed by atoms with E-state index in [1.165, 1.54) is 7.05 Å². The Labute approximate surface area is 130 Å². The number of hydrogen-bond acceptors (Lipinski definition) is 3. The molecule has 0 aliphatic heterocycles. The van der Waals surface area contributed by atoms with Gasteiger partial charge in [-0.2, -0.15) is 13.1 Å². The summed E-state index contributed by atoms with van der Waals surface area (Å²) in [6.07, 6.45) is 2.20. The smallest absolute Gasteiger partial charge is 0.277 e. The van der Waals surface area contributed by atoms with E-state index >= 15 is 0 Å². The summed E-state index contributed by atoms with van der Waals surface area (Å²) in [5.74, 6) is -0.870. The number of hydrogen-bond donors (Lipinski definition) is 0. The first kappa shape index (κ1) is 16.8. The van der Waals surface area contributed by atoms with Crippen molar-refractivity contribution in [2.45, 2.75) is 18.0 Å². The number of rotatable bonds is 5. The zero-order valence-corrected chi connectivity index (χ0v) is 12.8. The van der Waals surface area contributed by atoms with Gasteiger partial charge in [-0.05, 0) is 18.2 Å². The van der Waals surface area contributed by atoms with Gasteiger partial charge in [-0.1, -0.05) is 11.6 Å². The lowest BCUT2D eigenvalue weighted by atomic mass is 10.3. The van der Waals surface area contributed by atoms with Crippen LogP contribution in [0.1, 0.15) is 12.4 Å². The van der Waals surface area contributed by atoms with Gasteiger partial charge in [0.25, 0.3) is 0 Å². The summed E-state index contributed by atoms with van der Waals surface area (Å²) in [5, 5.41) is -0.344. The molecule has 1 heterocycles. The van der Waals surface area contributed by atoms with Gasteiger partial charge in [0.05, 0.1) is 16.5 Å². The topological polar surface area (TPSA) is 55.2 Å². The van der Waals surface area contributed by atoms with Crippen LogP contribution in [0.5, 0.6) is 0 Å². The molecule has 0 N–H and O–H groups in total. The fourth-order valence-corrected chi connectivity index (χ4v) is 3.14. The van der Waals surface area contributed by atoms with Crippen molar-refractivity contribution < 1.29 is 21.6 Å². The molecule has 0 saturated carbocycles. The number of nitrogens with zero attached hydrogens (tertiary/aromatic N) is 3. The third-order valence-electron chi connectivity index (χ3n) is 2.92. The summed E-state index contributed by atoms with van der Waals surface area (Å²) >= 11 is 5.56. The molecule has 120 valence electrons. The van der Waals surface area contributed by atoms with Crippen molar-refractivity contribution in [2.75, 3.05) is 7.05 Å². The maximum absolute atomic E-state index is 13.1. The summed E-state index contributed by atoms with van der Waals surface area (Å²) in [6.45, 7) is -3.19. The van der Waals surface area contributed by atoms with Gasteiger partial charge in [0.2, 0.25) is 10.0 Å². The van der Waals surface area contributed by atoms with Crippen molar-refractivity contribution in [1.29, 1.82) is 0 Å². The van der Waals surface area contributed by atoms with E-state index in [1.54, 1.807) is 0 Å². The van der Waals surface area contributed by atoms with Crippen molar-refractivity contribution in [3.63, 3.8) is 0 Å². The van der Waals surface area contributed by atoms with Crippen LogP contribution in [0.15, 0.2) is 35.5 Å². The summed E-state index contributed by atoms with van der Waals surface area (Å²) in [6, 6.07) is 2.93. The molecule has 2 rings (SSSR count). The van der Waals surface area contributed by atoms with Crippen LogP contribution >= 0.6 is 11.6 Å². The van der Waals surface area contributed by atoms with E-state index in [0.717, 1.165) is 34.9 Å². The first-order valence-corrected chi connectivity index (χ1v) is 7.76. The number of imidazole rings is 1. The molecule has 0 unspecified atom stereocenters. The molecule has 1 aromatic heterocycles. The SMILES string of the molecule is CN(Cc1nccn1C(F)F)S(=O)(=O)c1ccc(F)c(Cl)c1. The second-order valence-electron chi connectivity index (χ2n) is 4.37. The lowest BCUT2D eigenvalue weighted by Gasteiger charge is -2.17. The van der Waals surface area contributed by atoms with Crippen LogP contribution in [-0.2, 0) is 16.6 Å². The molecule has 0 bridgehead atoms. The molecule has 2 aromatic rings.